The van der Waals surface area contributed by atoms with Crippen LogP contribution in [0, 0.1) is 5.92 Å². The topological polar surface area (TPSA) is 64.6 Å². The number of likely N-dealkylation sites (tertiary alicyclic amines) is 1. The molecule has 1 aliphatic heterocycles. The maximum atomic E-state index is 11.8. The third kappa shape index (κ3) is 4.72. The molecule has 116 valence electrons. The fourth-order valence-corrected chi connectivity index (χ4v) is 2.71. The minimum Gasteiger partial charge on any atom is -0.394 e. The van der Waals surface area contributed by atoms with Gasteiger partial charge in [-0.1, -0.05) is 37.3 Å². The summed E-state index contributed by atoms with van der Waals surface area (Å²) in [4.78, 5) is 14.2. The quantitative estimate of drug-likeness (QED) is 0.763. The van der Waals surface area contributed by atoms with E-state index >= 15 is 0 Å². The van der Waals surface area contributed by atoms with E-state index < -0.39 is 0 Å². The SMILES string of the molecule is C[C@@H]1CN(Cc2ccccc2)C[C@H]1NC(=O)N[C@@H](C)CO. The lowest BCUT2D eigenvalue weighted by atomic mass is 10.1. The van der Waals surface area contributed by atoms with Crippen LogP contribution in [0.3, 0.4) is 0 Å². The van der Waals surface area contributed by atoms with E-state index in [4.69, 9.17) is 5.11 Å². The van der Waals surface area contributed by atoms with Crippen LogP contribution in [-0.2, 0) is 6.54 Å². The van der Waals surface area contributed by atoms with Gasteiger partial charge in [0.15, 0.2) is 0 Å². The van der Waals surface area contributed by atoms with Gasteiger partial charge in [-0.2, -0.15) is 0 Å². The maximum Gasteiger partial charge on any atom is 0.315 e. The maximum absolute atomic E-state index is 11.8. The normalized spacial score (nSPS) is 23.8. The molecule has 0 spiro atoms. The summed E-state index contributed by atoms with van der Waals surface area (Å²) in [6, 6.07) is 10.1. The largest absolute Gasteiger partial charge is 0.394 e. The van der Waals surface area contributed by atoms with Gasteiger partial charge in [0.1, 0.15) is 0 Å². The van der Waals surface area contributed by atoms with Gasteiger partial charge >= 0.3 is 6.03 Å². The van der Waals surface area contributed by atoms with Crippen molar-refractivity contribution < 1.29 is 9.90 Å². The summed E-state index contributed by atoms with van der Waals surface area (Å²) in [7, 11) is 0. The van der Waals surface area contributed by atoms with Crippen LogP contribution >= 0.6 is 0 Å². The average Bonchev–Trinajstić information content (AvgIpc) is 2.79. The lowest BCUT2D eigenvalue weighted by Gasteiger charge is -2.19. The van der Waals surface area contributed by atoms with Crippen molar-refractivity contribution in [3.05, 3.63) is 35.9 Å². The number of hydrogen-bond acceptors (Lipinski definition) is 3. The Morgan fingerprint density at radius 2 is 2.10 bits per heavy atom. The summed E-state index contributed by atoms with van der Waals surface area (Å²) in [5.41, 5.74) is 1.30. The van der Waals surface area contributed by atoms with Crippen LogP contribution in [0.5, 0.6) is 0 Å². The predicted octanol–water partition coefficient (Wildman–Crippen LogP) is 1.19. The fourth-order valence-electron chi connectivity index (χ4n) is 2.71. The Hall–Kier alpha value is -1.59. The highest BCUT2D eigenvalue weighted by Crippen LogP contribution is 2.18. The number of amides is 2. The minimum absolute atomic E-state index is 0.0478. The Bertz CT molecular complexity index is 452. The number of nitrogens with one attached hydrogen (secondary N) is 2. The molecule has 1 saturated heterocycles. The molecule has 3 atom stereocenters. The molecule has 5 heteroatoms. The number of hydrogen-bond donors (Lipinski definition) is 3. The Kier molecular flexibility index (Phi) is 5.59. The third-order valence-electron chi connectivity index (χ3n) is 3.90. The molecule has 0 unspecified atom stereocenters. The number of nitrogens with zero attached hydrogens (tertiary/aromatic N) is 1. The van der Waals surface area contributed by atoms with Crippen molar-refractivity contribution in [2.45, 2.75) is 32.5 Å². The second-order valence-corrected chi connectivity index (χ2v) is 5.96. The Morgan fingerprint density at radius 1 is 1.38 bits per heavy atom. The monoisotopic (exact) mass is 291 g/mol. The number of aliphatic hydroxyl groups excluding tert-OH is 1. The number of rotatable bonds is 5. The Balaban J connectivity index is 1.82. The smallest absolute Gasteiger partial charge is 0.315 e. The van der Waals surface area contributed by atoms with Crippen LogP contribution in [-0.4, -0.2) is 47.8 Å². The van der Waals surface area contributed by atoms with Crippen molar-refractivity contribution in [3.8, 4) is 0 Å². The van der Waals surface area contributed by atoms with E-state index in [1.54, 1.807) is 6.92 Å². The van der Waals surface area contributed by atoms with E-state index in [-0.39, 0.29) is 24.7 Å². The van der Waals surface area contributed by atoms with Crippen LogP contribution in [0.2, 0.25) is 0 Å². The molecule has 0 bridgehead atoms. The number of aliphatic hydroxyl groups is 1. The number of carbonyl (C=O) groups excluding carboxylic acids is 1. The molecule has 21 heavy (non-hydrogen) atoms. The highest BCUT2D eigenvalue weighted by molar-refractivity contribution is 5.74. The highest BCUT2D eigenvalue weighted by Gasteiger charge is 2.30. The molecular weight excluding hydrogens is 266 g/mol. The first-order valence-electron chi connectivity index (χ1n) is 7.52. The van der Waals surface area contributed by atoms with Crippen molar-refractivity contribution in [1.82, 2.24) is 15.5 Å². The molecule has 1 aromatic rings. The van der Waals surface area contributed by atoms with Gasteiger partial charge in [0.05, 0.1) is 12.6 Å². The first kappa shape index (κ1) is 15.8. The van der Waals surface area contributed by atoms with E-state index in [0.29, 0.717) is 5.92 Å². The lowest BCUT2D eigenvalue weighted by molar-refractivity contribution is 0.216. The van der Waals surface area contributed by atoms with Gasteiger partial charge in [-0.05, 0) is 18.4 Å². The molecule has 3 N–H and O–H groups in total. The molecule has 1 fully saturated rings. The Morgan fingerprint density at radius 3 is 2.76 bits per heavy atom. The Labute approximate surface area is 126 Å². The van der Waals surface area contributed by atoms with Crippen LogP contribution in [0.1, 0.15) is 19.4 Å². The number of urea groups is 1. The van der Waals surface area contributed by atoms with Crippen LogP contribution < -0.4 is 10.6 Å². The van der Waals surface area contributed by atoms with Crippen molar-refractivity contribution in [2.24, 2.45) is 5.92 Å². The minimum atomic E-state index is -0.220. The van der Waals surface area contributed by atoms with Crippen LogP contribution in [0.25, 0.3) is 0 Å². The van der Waals surface area contributed by atoms with E-state index in [2.05, 4.69) is 34.6 Å². The molecule has 2 amide bonds. The number of benzene rings is 1. The predicted molar refractivity (Wildman–Crippen MR) is 82.9 cm³/mol. The first-order valence-corrected chi connectivity index (χ1v) is 7.52. The molecule has 1 aliphatic rings. The van der Waals surface area contributed by atoms with Gasteiger partial charge in [-0.15, -0.1) is 0 Å². The molecule has 0 aliphatic carbocycles. The second kappa shape index (κ2) is 7.43. The average molecular weight is 291 g/mol. The zero-order valence-electron chi connectivity index (χ0n) is 12.7. The van der Waals surface area contributed by atoms with Gasteiger partial charge in [-0.3, -0.25) is 4.90 Å². The molecule has 0 radical (unpaired) electrons. The lowest BCUT2D eigenvalue weighted by Crippen LogP contribution is -2.48. The van der Waals surface area contributed by atoms with E-state index in [9.17, 15) is 4.79 Å². The van der Waals surface area contributed by atoms with E-state index in [0.717, 1.165) is 19.6 Å². The summed E-state index contributed by atoms with van der Waals surface area (Å²) in [6.07, 6.45) is 0. The summed E-state index contributed by atoms with van der Waals surface area (Å²) in [5, 5.41) is 14.7. The van der Waals surface area contributed by atoms with Gasteiger partial charge < -0.3 is 15.7 Å². The molecular formula is C16H25N3O2. The zero-order chi connectivity index (χ0) is 15.2. The van der Waals surface area contributed by atoms with Gasteiger partial charge in [0.2, 0.25) is 0 Å². The molecule has 1 heterocycles. The van der Waals surface area contributed by atoms with Crippen molar-refractivity contribution >= 4 is 6.03 Å². The van der Waals surface area contributed by atoms with Crippen molar-refractivity contribution in [1.29, 1.82) is 0 Å². The van der Waals surface area contributed by atoms with Gasteiger partial charge in [-0.25, -0.2) is 4.79 Å². The van der Waals surface area contributed by atoms with Crippen LogP contribution in [0.15, 0.2) is 30.3 Å². The van der Waals surface area contributed by atoms with Gasteiger partial charge in [0, 0.05) is 25.7 Å². The molecule has 1 aromatic carbocycles. The van der Waals surface area contributed by atoms with Crippen molar-refractivity contribution in [2.75, 3.05) is 19.7 Å². The molecule has 5 nitrogen and oxygen atoms in total. The number of carbonyl (C=O) groups is 1. The fraction of sp³-hybridized carbons (Fsp3) is 0.562. The molecule has 2 rings (SSSR count). The molecule has 0 aromatic heterocycles. The zero-order valence-corrected chi connectivity index (χ0v) is 12.7. The van der Waals surface area contributed by atoms with E-state index in [1.165, 1.54) is 5.56 Å². The van der Waals surface area contributed by atoms with E-state index in [1.807, 2.05) is 18.2 Å². The first-order chi connectivity index (χ1) is 10.1. The van der Waals surface area contributed by atoms with Crippen LogP contribution in [0.4, 0.5) is 4.79 Å². The molecule has 0 saturated carbocycles. The highest BCUT2D eigenvalue weighted by atomic mass is 16.3. The van der Waals surface area contributed by atoms with Gasteiger partial charge in [0.25, 0.3) is 0 Å². The summed E-state index contributed by atoms with van der Waals surface area (Å²) < 4.78 is 0. The summed E-state index contributed by atoms with van der Waals surface area (Å²) in [5.74, 6) is 0.420. The van der Waals surface area contributed by atoms with Crippen molar-refractivity contribution in [3.63, 3.8) is 0 Å². The second-order valence-electron chi connectivity index (χ2n) is 5.96. The third-order valence-corrected chi connectivity index (χ3v) is 3.90. The summed E-state index contributed by atoms with van der Waals surface area (Å²) in [6.45, 7) is 6.64. The standard InChI is InChI=1S/C16H25N3O2/c1-12-8-19(9-14-6-4-3-5-7-14)10-15(12)18-16(21)17-13(2)11-20/h3-7,12-13,15,20H,8-11H2,1-2H3,(H2,17,18,21)/t12-,13+,15-/m1/s1. The summed E-state index contributed by atoms with van der Waals surface area (Å²) >= 11 is 0.